The maximum Gasteiger partial charge on any atom is 0.269 e. The van der Waals surface area contributed by atoms with Crippen LogP contribution in [0.3, 0.4) is 0 Å². The van der Waals surface area contributed by atoms with E-state index in [4.69, 9.17) is 18.9 Å². The standard InChI is InChI=1S/C15H19NO8/c1-15(2)23-12-10(7-17)22-14(11(18)13(12)24-15)21-9-5-3-8(4-6-9)16(19)20/h3-6,10-14,17-18H,7H2,1-2H3. The molecule has 0 amide bonds. The molecule has 5 atom stereocenters. The molecule has 0 aliphatic carbocycles. The first-order valence-corrected chi connectivity index (χ1v) is 7.52. The van der Waals surface area contributed by atoms with Crippen molar-refractivity contribution < 1.29 is 34.1 Å². The highest BCUT2D eigenvalue weighted by molar-refractivity contribution is 5.36. The van der Waals surface area contributed by atoms with Crippen molar-refractivity contribution in [3.8, 4) is 5.75 Å². The minimum absolute atomic E-state index is 0.0740. The highest BCUT2D eigenvalue weighted by Gasteiger charge is 2.55. The molecule has 0 spiro atoms. The predicted molar refractivity (Wildman–Crippen MR) is 79.3 cm³/mol. The van der Waals surface area contributed by atoms with Crippen LogP contribution in [-0.2, 0) is 14.2 Å². The lowest BCUT2D eigenvalue weighted by atomic mass is 9.99. The molecule has 2 fully saturated rings. The van der Waals surface area contributed by atoms with E-state index in [1.165, 1.54) is 24.3 Å². The minimum Gasteiger partial charge on any atom is -0.462 e. The van der Waals surface area contributed by atoms with Gasteiger partial charge in [0.1, 0.15) is 30.2 Å². The molecule has 0 radical (unpaired) electrons. The summed E-state index contributed by atoms with van der Waals surface area (Å²) in [5.74, 6) is -0.618. The Bertz CT molecular complexity index is 604. The molecule has 1 aromatic rings. The van der Waals surface area contributed by atoms with Gasteiger partial charge in [0.05, 0.1) is 11.5 Å². The van der Waals surface area contributed by atoms with Crippen molar-refractivity contribution in [1.82, 2.24) is 0 Å². The number of hydrogen-bond acceptors (Lipinski definition) is 8. The van der Waals surface area contributed by atoms with E-state index in [9.17, 15) is 20.3 Å². The van der Waals surface area contributed by atoms with Crippen LogP contribution in [-0.4, -0.2) is 58.2 Å². The quantitative estimate of drug-likeness (QED) is 0.602. The van der Waals surface area contributed by atoms with Crippen LogP contribution in [0.4, 0.5) is 5.69 Å². The van der Waals surface area contributed by atoms with Crippen molar-refractivity contribution >= 4 is 5.69 Å². The smallest absolute Gasteiger partial charge is 0.269 e. The summed E-state index contributed by atoms with van der Waals surface area (Å²) in [5, 5.41) is 30.6. The summed E-state index contributed by atoms with van der Waals surface area (Å²) in [4.78, 5) is 10.1. The first kappa shape index (κ1) is 17.1. The molecule has 132 valence electrons. The highest BCUT2D eigenvalue weighted by atomic mass is 16.8. The molecule has 2 saturated heterocycles. The molecule has 3 rings (SSSR count). The third-order valence-corrected chi connectivity index (χ3v) is 3.93. The molecule has 5 unspecified atom stereocenters. The Labute approximate surface area is 137 Å². The van der Waals surface area contributed by atoms with Crippen LogP contribution >= 0.6 is 0 Å². The topological polar surface area (TPSA) is 121 Å². The van der Waals surface area contributed by atoms with Gasteiger partial charge in [0.2, 0.25) is 6.29 Å². The number of nitro groups is 1. The van der Waals surface area contributed by atoms with Gasteiger partial charge in [-0.3, -0.25) is 10.1 Å². The summed E-state index contributed by atoms with van der Waals surface area (Å²) in [7, 11) is 0. The van der Waals surface area contributed by atoms with E-state index in [0.717, 1.165) is 0 Å². The van der Waals surface area contributed by atoms with Crippen LogP contribution in [0.2, 0.25) is 0 Å². The normalized spacial score (nSPS) is 34.6. The zero-order valence-electron chi connectivity index (χ0n) is 13.2. The number of aliphatic hydroxyl groups excluding tert-OH is 2. The lowest BCUT2D eigenvalue weighted by molar-refractivity contribution is -0.384. The molecular formula is C15H19NO8. The maximum absolute atomic E-state index is 10.7. The lowest BCUT2D eigenvalue weighted by Crippen LogP contribution is -2.58. The zero-order chi connectivity index (χ0) is 17.5. The number of hydrogen-bond donors (Lipinski definition) is 2. The SMILES string of the molecule is CC1(C)OC2C(CO)OC(Oc3ccc([N+](=O)[O-])cc3)C(O)C2O1. The van der Waals surface area contributed by atoms with Crippen molar-refractivity contribution in [3.05, 3.63) is 34.4 Å². The zero-order valence-corrected chi connectivity index (χ0v) is 13.2. The number of aliphatic hydroxyl groups is 2. The van der Waals surface area contributed by atoms with Crippen LogP contribution < -0.4 is 4.74 Å². The van der Waals surface area contributed by atoms with Gasteiger partial charge in [-0.25, -0.2) is 0 Å². The van der Waals surface area contributed by atoms with Crippen molar-refractivity contribution in [2.45, 2.75) is 50.3 Å². The van der Waals surface area contributed by atoms with Gasteiger partial charge in [-0.2, -0.15) is 0 Å². The molecule has 24 heavy (non-hydrogen) atoms. The Kier molecular flexibility index (Phi) is 4.45. The molecule has 1 aromatic carbocycles. The summed E-state index contributed by atoms with van der Waals surface area (Å²) >= 11 is 0. The average Bonchev–Trinajstić information content (AvgIpc) is 2.86. The number of nitrogens with zero attached hydrogens (tertiary/aromatic N) is 1. The van der Waals surface area contributed by atoms with Gasteiger partial charge < -0.3 is 29.2 Å². The molecule has 2 aliphatic rings. The predicted octanol–water partition coefficient (Wildman–Crippen LogP) is 0.572. The van der Waals surface area contributed by atoms with Crippen molar-refractivity contribution in [2.75, 3.05) is 6.61 Å². The van der Waals surface area contributed by atoms with E-state index in [1.807, 2.05) is 0 Å². The molecule has 2 heterocycles. The van der Waals surface area contributed by atoms with Crippen molar-refractivity contribution in [2.24, 2.45) is 0 Å². The molecule has 9 nitrogen and oxygen atoms in total. The van der Waals surface area contributed by atoms with Gasteiger partial charge in [-0.15, -0.1) is 0 Å². The maximum atomic E-state index is 10.7. The number of rotatable bonds is 4. The number of fused-ring (bicyclic) bond motifs is 1. The second-order valence-corrected chi connectivity index (χ2v) is 6.15. The van der Waals surface area contributed by atoms with Gasteiger partial charge in [0.25, 0.3) is 5.69 Å². The summed E-state index contributed by atoms with van der Waals surface area (Å²) in [5.41, 5.74) is -0.0740. The van der Waals surface area contributed by atoms with Crippen molar-refractivity contribution in [3.63, 3.8) is 0 Å². The Balaban J connectivity index is 1.75. The summed E-state index contributed by atoms with van der Waals surface area (Å²) in [6, 6.07) is 5.39. The lowest BCUT2D eigenvalue weighted by Gasteiger charge is -2.39. The molecule has 2 aliphatic heterocycles. The van der Waals surface area contributed by atoms with E-state index in [0.29, 0.717) is 0 Å². The van der Waals surface area contributed by atoms with Crippen LogP contribution in [0.25, 0.3) is 0 Å². The van der Waals surface area contributed by atoms with Gasteiger partial charge in [0.15, 0.2) is 5.79 Å². The first-order chi connectivity index (χ1) is 11.3. The largest absolute Gasteiger partial charge is 0.462 e. The van der Waals surface area contributed by atoms with E-state index in [1.54, 1.807) is 13.8 Å². The Morgan fingerprint density at radius 3 is 2.46 bits per heavy atom. The fourth-order valence-electron chi connectivity index (χ4n) is 2.88. The Hall–Kier alpha value is -1.78. The summed E-state index contributed by atoms with van der Waals surface area (Å²) < 4.78 is 22.5. The highest BCUT2D eigenvalue weighted by Crippen LogP contribution is 2.38. The monoisotopic (exact) mass is 341 g/mol. The van der Waals surface area contributed by atoms with Crippen LogP contribution in [0.1, 0.15) is 13.8 Å². The summed E-state index contributed by atoms with van der Waals surface area (Å²) in [6.07, 6.45) is -4.29. The van der Waals surface area contributed by atoms with Gasteiger partial charge >= 0.3 is 0 Å². The fraction of sp³-hybridized carbons (Fsp3) is 0.600. The second-order valence-electron chi connectivity index (χ2n) is 6.15. The number of benzene rings is 1. The first-order valence-electron chi connectivity index (χ1n) is 7.52. The molecule has 2 N–H and O–H groups in total. The molecule has 0 aromatic heterocycles. The van der Waals surface area contributed by atoms with Gasteiger partial charge in [0, 0.05) is 12.1 Å². The molecular weight excluding hydrogens is 322 g/mol. The number of ether oxygens (including phenoxy) is 4. The van der Waals surface area contributed by atoms with Gasteiger partial charge in [-0.1, -0.05) is 0 Å². The third-order valence-electron chi connectivity index (χ3n) is 3.93. The number of nitro benzene ring substituents is 1. The molecule has 9 heteroatoms. The van der Waals surface area contributed by atoms with E-state index >= 15 is 0 Å². The average molecular weight is 341 g/mol. The van der Waals surface area contributed by atoms with E-state index < -0.39 is 41.4 Å². The van der Waals surface area contributed by atoms with Crippen molar-refractivity contribution in [1.29, 1.82) is 0 Å². The second kappa shape index (κ2) is 6.26. The van der Waals surface area contributed by atoms with Crippen LogP contribution in [0.5, 0.6) is 5.75 Å². The Morgan fingerprint density at radius 2 is 1.88 bits per heavy atom. The Morgan fingerprint density at radius 1 is 1.25 bits per heavy atom. The summed E-state index contributed by atoms with van der Waals surface area (Å²) in [6.45, 7) is 3.09. The van der Waals surface area contributed by atoms with E-state index in [2.05, 4.69) is 0 Å². The molecule has 0 bridgehead atoms. The minimum atomic E-state index is -1.14. The van der Waals surface area contributed by atoms with E-state index in [-0.39, 0.29) is 18.0 Å². The third kappa shape index (κ3) is 3.21. The van der Waals surface area contributed by atoms with Crippen LogP contribution in [0.15, 0.2) is 24.3 Å². The molecule has 0 saturated carbocycles. The fourth-order valence-corrected chi connectivity index (χ4v) is 2.88. The van der Waals surface area contributed by atoms with Crippen LogP contribution in [0, 0.1) is 10.1 Å². The van der Waals surface area contributed by atoms with Gasteiger partial charge in [-0.05, 0) is 26.0 Å². The number of non-ortho nitro benzene ring substituents is 1.